The third-order valence-electron chi connectivity index (χ3n) is 16.8. The number of rotatable bonds is 16. The van der Waals surface area contributed by atoms with E-state index in [9.17, 15) is 39.6 Å². The second-order valence-electron chi connectivity index (χ2n) is 21.8. The van der Waals surface area contributed by atoms with Gasteiger partial charge in [0.25, 0.3) is 0 Å². The predicted molar refractivity (Wildman–Crippen MR) is 311 cm³/mol. The fraction of sp³-hybridized carbons (Fsp3) is 0.235. The van der Waals surface area contributed by atoms with E-state index < -0.39 is 47.5 Å². The van der Waals surface area contributed by atoms with Crippen molar-refractivity contribution < 1.29 is 96.4 Å². The number of carboxylic acid groups (broad SMARTS) is 4. The van der Waals surface area contributed by atoms with E-state index in [4.69, 9.17) is 56.8 Å². The van der Waals surface area contributed by atoms with Gasteiger partial charge in [-0.15, -0.1) is 0 Å². The molecule has 20 nitrogen and oxygen atoms in total. The molecule has 20 heteroatoms. The summed E-state index contributed by atoms with van der Waals surface area (Å²) in [6.45, 7) is 6.46. The van der Waals surface area contributed by atoms with Gasteiger partial charge in [0, 0.05) is 68.2 Å². The minimum atomic E-state index is -1.09. The van der Waals surface area contributed by atoms with Crippen molar-refractivity contribution in [1.82, 2.24) is 0 Å². The molecule has 4 heterocycles. The van der Waals surface area contributed by atoms with Gasteiger partial charge in [-0.3, -0.25) is 0 Å². The maximum absolute atomic E-state index is 11.9. The van der Waals surface area contributed by atoms with Crippen LogP contribution in [0.15, 0.2) is 121 Å². The van der Waals surface area contributed by atoms with Crippen molar-refractivity contribution in [2.45, 2.75) is 77.8 Å². The van der Waals surface area contributed by atoms with Crippen LogP contribution in [-0.4, -0.2) is 71.5 Å². The van der Waals surface area contributed by atoms with Gasteiger partial charge in [-0.1, -0.05) is 27.7 Å². The Morgan fingerprint density at radius 3 is 0.614 bits per heavy atom. The fourth-order valence-electron chi connectivity index (χ4n) is 12.1. The summed E-state index contributed by atoms with van der Waals surface area (Å²) in [7, 11) is 0. The Morgan fingerprint density at radius 1 is 0.307 bits per heavy atom. The van der Waals surface area contributed by atoms with Crippen molar-refractivity contribution in [3.05, 3.63) is 210 Å². The highest BCUT2D eigenvalue weighted by molar-refractivity contribution is 5.89. The zero-order chi connectivity index (χ0) is 61.1. The van der Waals surface area contributed by atoms with E-state index in [-0.39, 0.29) is 75.9 Å². The molecule has 0 spiro atoms. The second kappa shape index (κ2) is 22.9. The summed E-state index contributed by atoms with van der Waals surface area (Å²) in [6, 6.07) is 32.7. The SMILES string of the molecule is CC1c2cc3c4c(COc5ccc(C(=O)O)cc5)c2OCOc2c1cc1c(c2COc2ccc(C(=O)O)cc2)OCOc2c(cc5c(c2COc2ccc(C(=O)O)cc2)OCOc2c(cc(c(c2COc2ccc(C(=O)O)cc2)OCO4)C3C)C5C)C1C. The first-order valence-electron chi connectivity index (χ1n) is 28.3. The largest absolute Gasteiger partial charge is 0.489 e. The number of hydrogen-bond donors (Lipinski definition) is 4. The molecule has 13 rings (SSSR count). The Bertz CT molecular complexity index is 3470. The lowest BCUT2D eigenvalue weighted by molar-refractivity contribution is 0.0686. The number of benzene rings is 8. The summed E-state index contributed by atoms with van der Waals surface area (Å²) in [4.78, 5) is 47.5. The molecule has 0 fully saturated rings. The number of carbonyl (C=O) groups is 4. The van der Waals surface area contributed by atoms with E-state index in [0.29, 0.717) is 91.2 Å². The van der Waals surface area contributed by atoms with Gasteiger partial charge < -0.3 is 77.3 Å². The fourth-order valence-corrected chi connectivity index (χ4v) is 12.1. The van der Waals surface area contributed by atoms with E-state index in [1.54, 1.807) is 48.5 Å². The Kier molecular flexibility index (Phi) is 14.7. The van der Waals surface area contributed by atoms with E-state index in [0.717, 1.165) is 44.5 Å². The van der Waals surface area contributed by atoms with E-state index >= 15 is 0 Å². The number of carboxylic acids is 4. The lowest BCUT2D eigenvalue weighted by Gasteiger charge is -2.36. The molecule has 8 aromatic rings. The molecular formula is C68H56O20. The monoisotopic (exact) mass is 1190 g/mol. The van der Waals surface area contributed by atoms with Gasteiger partial charge in [0.05, 0.1) is 44.5 Å². The van der Waals surface area contributed by atoms with Gasteiger partial charge in [0.1, 0.15) is 95.4 Å². The molecule has 4 aliphatic heterocycles. The predicted octanol–water partition coefficient (Wildman–Crippen LogP) is 12.6. The van der Waals surface area contributed by atoms with Crippen LogP contribution in [0.2, 0.25) is 0 Å². The normalized spacial score (nSPS) is 17.0. The molecule has 5 aliphatic rings. The van der Waals surface area contributed by atoms with Gasteiger partial charge in [-0.05, 0) is 121 Å². The highest BCUT2D eigenvalue weighted by atomic mass is 16.7. The third kappa shape index (κ3) is 10.2. The summed E-state index contributed by atoms with van der Waals surface area (Å²) in [5.74, 6) is -1.59. The molecule has 88 heavy (non-hydrogen) atoms. The Morgan fingerprint density at radius 2 is 0.466 bits per heavy atom. The highest BCUT2D eigenvalue weighted by Crippen LogP contribution is 2.57. The third-order valence-corrected chi connectivity index (χ3v) is 16.8. The molecule has 0 atom stereocenters. The zero-order valence-electron chi connectivity index (χ0n) is 47.8. The van der Waals surface area contributed by atoms with Crippen molar-refractivity contribution in [3.8, 4) is 69.0 Å². The van der Waals surface area contributed by atoms with Crippen LogP contribution in [0.4, 0.5) is 0 Å². The molecular weight excluding hydrogens is 1140 g/mol. The molecule has 0 amide bonds. The molecule has 1 aliphatic carbocycles. The summed E-state index contributed by atoms with van der Waals surface area (Å²) < 4.78 is 80.4. The van der Waals surface area contributed by atoms with E-state index in [1.807, 2.05) is 27.7 Å². The first-order chi connectivity index (χ1) is 42.6. The lowest BCUT2D eigenvalue weighted by Crippen LogP contribution is -2.25. The van der Waals surface area contributed by atoms with Crippen molar-refractivity contribution in [2.75, 3.05) is 27.2 Å². The average Bonchev–Trinajstić information content (AvgIpc) is 0.979. The molecule has 4 N–H and O–H groups in total. The standard InChI is InChI=1S/C68H56O20/c1-33-45-21-47-34(2)49-23-51-36(4)52-24-50-35(3)48-22-46(33)58-54(26-78-42-15-7-38(8-16-42)66(71)72)60(48)84-31-86-62(50)56(28-80-44-19-11-40(12-20-44)68(75)76)64(52)88-32-87-63(51)55(27-79-43-17-9-39(10-18-43)67(73)74)61(49)85-30-83-59(47)53(57(45)81-29-82-58)25-77-41-13-5-37(6-14-41)65(69)70/h5-24,33-36H,25-32H2,1-4H3,(H,69,70)(H,71,72)(H,73,74)(H,75,76). The molecule has 448 valence electrons. The molecule has 8 aromatic carbocycles. The van der Waals surface area contributed by atoms with Crippen LogP contribution in [0.25, 0.3) is 0 Å². The average molecular weight is 1190 g/mol. The molecule has 0 aromatic heterocycles. The van der Waals surface area contributed by atoms with Gasteiger partial charge in [0.2, 0.25) is 27.2 Å². The van der Waals surface area contributed by atoms with Crippen LogP contribution >= 0.6 is 0 Å². The smallest absolute Gasteiger partial charge is 0.335 e. The van der Waals surface area contributed by atoms with Gasteiger partial charge in [-0.2, -0.15) is 0 Å². The van der Waals surface area contributed by atoms with Crippen LogP contribution in [0.3, 0.4) is 0 Å². The summed E-state index contributed by atoms with van der Waals surface area (Å²) in [5.41, 5.74) is 8.34. The topological polar surface area (TPSA) is 260 Å². The maximum atomic E-state index is 11.9. The summed E-state index contributed by atoms with van der Waals surface area (Å²) in [6.07, 6.45) is 0. The van der Waals surface area contributed by atoms with Gasteiger partial charge in [0.15, 0.2) is 0 Å². The molecule has 0 saturated carbocycles. The van der Waals surface area contributed by atoms with Crippen molar-refractivity contribution in [1.29, 1.82) is 0 Å². The van der Waals surface area contributed by atoms with Crippen molar-refractivity contribution in [2.24, 2.45) is 0 Å². The molecule has 0 radical (unpaired) electrons. The van der Waals surface area contributed by atoms with E-state index in [1.165, 1.54) is 48.5 Å². The first-order valence-corrected chi connectivity index (χ1v) is 28.3. The first kappa shape index (κ1) is 56.4. The van der Waals surface area contributed by atoms with Crippen LogP contribution in [-0.2, 0) is 26.4 Å². The number of hydrogen-bond acceptors (Lipinski definition) is 16. The Labute approximate surface area is 502 Å². The van der Waals surface area contributed by atoms with Crippen molar-refractivity contribution in [3.63, 3.8) is 0 Å². The van der Waals surface area contributed by atoms with E-state index in [2.05, 4.69) is 24.3 Å². The second-order valence-corrected chi connectivity index (χ2v) is 21.8. The van der Waals surface area contributed by atoms with Crippen molar-refractivity contribution >= 4 is 23.9 Å². The van der Waals surface area contributed by atoms with Crippen LogP contribution in [0.5, 0.6) is 69.0 Å². The molecule has 0 unspecified atom stereocenters. The van der Waals surface area contributed by atoms with Crippen LogP contribution < -0.4 is 56.8 Å². The molecule has 0 saturated heterocycles. The Hall–Kier alpha value is -10.8. The van der Waals surface area contributed by atoms with Gasteiger partial charge in [-0.25, -0.2) is 19.2 Å². The minimum Gasteiger partial charge on any atom is -0.489 e. The number of ether oxygens (including phenoxy) is 12. The summed E-state index contributed by atoms with van der Waals surface area (Å²) >= 11 is 0. The highest BCUT2D eigenvalue weighted by Gasteiger charge is 2.40. The van der Waals surface area contributed by atoms with Crippen LogP contribution in [0, 0.1) is 0 Å². The zero-order valence-corrected chi connectivity index (χ0v) is 47.8. The maximum Gasteiger partial charge on any atom is 0.335 e. The lowest BCUT2D eigenvalue weighted by atomic mass is 9.78. The van der Waals surface area contributed by atoms with Crippen LogP contribution in [0.1, 0.15) is 160 Å². The molecule has 8 bridgehead atoms. The quantitative estimate of drug-likeness (QED) is 0.0701. The minimum absolute atomic E-state index is 0.0855. The summed E-state index contributed by atoms with van der Waals surface area (Å²) in [5, 5.41) is 38.9. The number of aromatic carboxylic acids is 4. The van der Waals surface area contributed by atoms with Gasteiger partial charge >= 0.3 is 23.9 Å². The Balaban J connectivity index is 1.06.